The van der Waals surface area contributed by atoms with Crippen molar-refractivity contribution in [2.24, 2.45) is 0 Å². The number of hydrogen-bond donors (Lipinski definition) is 2. The summed E-state index contributed by atoms with van der Waals surface area (Å²) in [5, 5.41) is 11.0. The van der Waals surface area contributed by atoms with Crippen LogP contribution in [0.2, 0.25) is 0 Å². The van der Waals surface area contributed by atoms with Gasteiger partial charge in [-0.2, -0.15) is 0 Å². The molecule has 0 bridgehead atoms. The summed E-state index contributed by atoms with van der Waals surface area (Å²) in [5.74, 6) is 1.63. The SMILES string of the molecule is CCN(CC)C(=O)C[NH+]1CCC(O)(c2ccc3c(c2)OCO3)CC1. The maximum Gasteiger partial charge on any atom is 0.277 e. The fourth-order valence-electron chi connectivity index (χ4n) is 3.57. The Bertz CT molecular complexity index is 593. The molecule has 6 nitrogen and oxygen atoms in total. The Labute approximate surface area is 143 Å². The minimum atomic E-state index is -0.845. The standard InChI is InChI=1S/C18H26N2O4/c1-3-20(4-2)17(21)12-19-9-7-18(22,8-10-19)14-5-6-15-16(11-14)24-13-23-15/h5-6,11,22H,3-4,7-10,12-13H2,1-2H3/p+1. The number of benzene rings is 1. The van der Waals surface area contributed by atoms with Crippen molar-refractivity contribution in [2.75, 3.05) is 39.5 Å². The fraction of sp³-hybridized carbons (Fsp3) is 0.611. The van der Waals surface area contributed by atoms with Gasteiger partial charge in [0.15, 0.2) is 18.0 Å². The molecule has 2 heterocycles. The van der Waals surface area contributed by atoms with Crippen molar-refractivity contribution in [2.45, 2.75) is 32.3 Å². The van der Waals surface area contributed by atoms with E-state index in [2.05, 4.69) is 0 Å². The summed E-state index contributed by atoms with van der Waals surface area (Å²) in [4.78, 5) is 15.4. The largest absolute Gasteiger partial charge is 0.454 e. The Morgan fingerprint density at radius 2 is 1.88 bits per heavy atom. The molecule has 6 heteroatoms. The second kappa shape index (κ2) is 6.99. The molecule has 1 saturated heterocycles. The lowest BCUT2D eigenvalue weighted by molar-refractivity contribution is -0.900. The molecular formula is C18H27N2O4+. The van der Waals surface area contributed by atoms with E-state index in [4.69, 9.17) is 9.47 Å². The molecule has 0 unspecified atom stereocenters. The van der Waals surface area contributed by atoms with Crippen LogP contribution >= 0.6 is 0 Å². The molecule has 132 valence electrons. The van der Waals surface area contributed by atoms with Gasteiger partial charge in [0.05, 0.1) is 13.1 Å². The zero-order valence-electron chi connectivity index (χ0n) is 14.5. The highest BCUT2D eigenvalue weighted by Crippen LogP contribution is 2.38. The first-order valence-corrected chi connectivity index (χ1v) is 8.79. The summed E-state index contributed by atoms with van der Waals surface area (Å²) < 4.78 is 10.7. The van der Waals surface area contributed by atoms with Gasteiger partial charge < -0.3 is 24.4 Å². The molecule has 0 spiro atoms. The number of likely N-dealkylation sites (tertiary alicyclic amines) is 1. The van der Waals surface area contributed by atoms with Crippen LogP contribution < -0.4 is 14.4 Å². The van der Waals surface area contributed by atoms with E-state index < -0.39 is 5.60 Å². The van der Waals surface area contributed by atoms with Crippen molar-refractivity contribution in [3.8, 4) is 11.5 Å². The molecule has 1 aromatic rings. The quantitative estimate of drug-likeness (QED) is 0.804. The Morgan fingerprint density at radius 3 is 2.54 bits per heavy atom. The van der Waals surface area contributed by atoms with Crippen LogP contribution in [0.4, 0.5) is 0 Å². The van der Waals surface area contributed by atoms with Crippen molar-refractivity contribution < 1.29 is 24.3 Å². The van der Waals surface area contributed by atoms with Gasteiger partial charge >= 0.3 is 0 Å². The first-order valence-electron chi connectivity index (χ1n) is 8.79. The highest BCUT2D eigenvalue weighted by atomic mass is 16.7. The highest BCUT2D eigenvalue weighted by molar-refractivity contribution is 5.77. The van der Waals surface area contributed by atoms with Crippen LogP contribution in [0.15, 0.2) is 18.2 Å². The van der Waals surface area contributed by atoms with E-state index in [1.54, 1.807) is 0 Å². The number of carbonyl (C=O) groups excluding carboxylic acids is 1. The first kappa shape index (κ1) is 17.0. The number of amides is 1. The summed E-state index contributed by atoms with van der Waals surface area (Å²) in [6.45, 7) is 7.85. The van der Waals surface area contributed by atoms with Crippen molar-refractivity contribution in [1.82, 2.24) is 4.90 Å². The minimum Gasteiger partial charge on any atom is -0.454 e. The van der Waals surface area contributed by atoms with E-state index in [0.717, 1.165) is 37.5 Å². The summed E-state index contributed by atoms with van der Waals surface area (Å²) in [5.41, 5.74) is 0.0313. The highest BCUT2D eigenvalue weighted by Gasteiger charge is 2.37. The van der Waals surface area contributed by atoms with E-state index in [1.165, 1.54) is 4.90 Å². The van der Waals surface area contributed by atoms with Crippen LogP contribution in [0.25, 0.3) is 0 Å². The monoisotopic (exact) mass is 335 g/mol. The van der Waals surface area contributed by atoms with Crippen LogP contribution in [0.5, 0.6) is 11.5 Å². The number of rotatable bonds is 5. The van der Waals surface area contributed by atoms with Crippen molar-refractivity contribution >= 4 is 5.91 Å². The molecule has 0 atom stereocenters. The third-order valence-corrected chi connectivity index (χ3v) is 5.21. The van der Waals surface area contributed by atoms with E-state index in [-0.39, 0.29) is 12.7 Å². The predicted octanol–water partition coefficient (Wildman–Crippen LogP) is 0.150. The summed E-state index contributed by atoms with van der Waals surface area (Å²) in [6.07, 6.45) is 1.29. The van der Waals surface area contributed by atoms with Gasteiger partial charge in [0, 0.05) is 25.9 Å². The number of nitrogens with one attached hydrogen (secondary N) is 1. The smallest absolute Gasteiger partial charge is 0.277 e. The van der Waals surface area contributed by atoms with Gasteiger partial charge in [-0.3, -0.25) is 4.79 Å². The minimum absolute atomic E-state index is 0.198. The number of ether oxygens (including phenoxy) is 2. The van der Waals surface area contributed by atoms with Crippen molar-refractivity contribution in [3.63, 3.8) is 0 Å². The molecule has 1 aromatic carbocycles. The predicted molar refractivity (Wildman–Crippen MR) is 89.2 cm³/mol. The second-order valence-electron chi connectivity index (χ2n) is 6.59. The van der Waals surface area contributed by atoms with Gasteiger partial charge in [0.25, 0.3) is 5.91 Å². The molecule has 1 fully saturated rings. The van der Waals surface area contributed by atoms with Gasteiger partial charge in [-0.05, 0) is 31.5 Å². The van der Waals surface area contributed by atoms with Gasteiger partial charge in [0.2, 0.25) is 6.79 Å². The number of fused-ring (bicyclic) bond motifs is 1. The van der Waals surface area contributed by atoms with Gasteiger partial charge in [0.1, 0.15) is 5.60 Å². The molecule has 0 radical (unpaired) electrons. The molecule has 2 aliphatic heterocycles. The number of likely N-dealkylation sites (N-methyl/N-ethyl adjacent to an activating group) is 1. The molecule has 0 aromatic heterocycles. The third kappa shape index (κ3) is 3.35. The topological polar surface area (TPSA) is 63.4 Å². The van der Waals surface area contributed by atoms with Crippen LogP contribution in [0, 0.1) is 0 Å². The molecule has 24 heavy (non-hydrogen) atoms. The lowest BCUT2D eigenvalue weighted by Gasteiger charge is -2.36. The number of hydrogen-bond acceptors (Lipinski definition) is 4. The molecular weight excluding hydrogens is 308 g/mol. The van der Waals surface area contributed by atoms with Crippen molar-refractivity contribution in [1.29, 1.82) is 0 Å². The lowest BCUT2D eigenvalue weighted by atomic mass is 9.84. The number of nitrogens with zero attached hydrogens (tertiary/aromatic N) is 1. The Hall–Kier alpha value is -1.79. The Kier molecular flexibility index (Phi) is 4.96. The maximum atomic E-state index is 12.2. The Balaban J connectivity index is 1.60. The van der Waals surface area contributed by atoms with E-state index in [9.17, 15) is 9.90 Å². The van der Waals surface area contributed by atoms with E-state index in [0.29, 0.717) is 25.1 Å². The molecule has 0 aliphatic carbocycles. The molecule has 0 saturated carbocycles. The number of aliphatic hydroxyl groups is 1. The third-order valence-electron chi connectivity index (χ3n) is 5.21. The van der Waals surface area contributed by atoms with E-state index >= 15 is 0 Å². The van der Waals surface area contributed by atoms with Crippen LogP contribution in [0.1, 0.15) is 32.3 Å². The summed E-state index contributed by atoms with van der Waals surface area (Å²) in [7, 11) is 0. The number of piperidine rings is 1. The van der Waals surface area contributed by atoms with Gasteiger partial charge in [-0.1, -0.05) is 6.07 Å². The normalized spacial score (nSPS) is 25.5. The number of quaternary nitrogens is 1. The maximum absolute atomic E-state index is 12.2. The first-order chi connectivity index (χ1) is 11.6. The van der Waals surface area contributed by atoms with Crippen molar-refractivity contribution in [3.05, 3.63) is 23.8 Å². The van der Waals surface area contributed by atoms with Gasteiger partial charge in [-0.25, -0.2) is 0 Å². The van der Waals surface area contributed by atoms with Gasteiger partial charge in [-0.15, -0.1) is 0 Å². The average molecular weight is 335 g/mol. The Morgan fingerprint density at radius 1 is 1.21 bits per heavy atom. The average Bonchev–Trinajstić information content (AvgIpc) is 3.06. The van der Waals surface area contributed by atoms with E-state index in [1.807, 2.05) is 36.9 Å². The molecule has 1 amide bonds. The fourth-order valence-corrected chi connectivity index (χ4v) is 3.57. The molecule has 2 N–H and O–H groups in total. The van der Waals surface area contributed by atoms with Crippen LogP contribution in [-0.4, -0.2) is 55.4 Å². The number of carbonyl (C=O) groups is 1. The second-order valence-corrected chi connectivity index (χ2v) is 6.59. The van der Waals surface area contributed by atoms with Crippen LogP contribution in [0.3, 0.4) is 0 Å². The van der Waals surface area contributed by atoms with Crippen LogP contribution in [-0.2, 0) is 10.4 Å². The lowest BCUT2D eigenvalue weighted by Crippen LogP contribution is -3.14. The molecule has 2 aliphatic rings. The summed E-state index contributed by atoms with van der Waals surface area (Å²) >= 11 is 0. The summed E-state index contributed by atoms with van der Waals surface area (Å²) in [6, 6.07) is 5.66. The zero-order valence-corrected chi connectivity index (χ0v) is 14.5. The molecule has 3 rings (SSSR count). The zero-order chi connectivity index (χ0) is 17.2.